The van der Waals surface area contributed by atoms with Crippen LogP contribution in [-0.4, -0.2) is 0 Å². The highest BCUT2D eigenvalue weighted by Crippen LogP contribution is 2.61. The maximum Gasteiger partial charge on any atom is -0.00134 e. The summed E-state index contributed by atoms with van der Waals surface area (Å²) in [6.45, 7) is 0. The Labute approximate surface area is 485 Å². The smallest absolute Gasteiger partial charge is 0.00134 e. The Morgan fingerprint density at radius 3 is 1.00 bits per heavy atom. The number of hydrogen-bond acceptors (Lipinski definition) is 0. The molecule has 0 amide bonds. The van der Waals surface area contributed by atoms with Gasteiger partial charge in [0.2, 0.25) is 0 Å². The van der Waals surface area contributed by atoms with Gasteiger partial charge < -0.3 is 0 Å². The lowest BCUT2D eigenvalue weighted by Gasteiger charge is -2.21. The Bertz CT molecular complexity index is 5660. The number of rotatable bonds is 6. The second-order valence-corrected chi connectivity index (χ2v) is 23.2. The molecular formula is C84H48. The van der Waals surface area contributed by atoms with Crippen molar-refractivity contribution in [3.63, 3.8) is 0 Å². The monoisotopic (exact) mass is 1060 g/mol. The third kappa shape index (κ3) is 6.21. The Hall–Kier alpha value is -10.9. The molecule has 384 valence electrons. The van der Waals surface area contributed by atoms with Gasteiger partial charge in [-0.2, -0.15) is 0 Å². The molecule has 84 heavy (non-hydrogen) atoms. The molecular weight excluding hydrogens is 1010 g/mol. The fourth-order valence-corrected chi connectivity index (χ4v) is 15.7. The number of fused-ring (bicyclic) bond motifs is 12. The van der Waals surface area contributed by atoms with Crippen molar-refractivity contribution in [2.45, 2.75) is 0 Å². The van der Waals surface area contributed by atoms with E-state index in [0.717, 1.165) is 0 Å². The van der Waals surface area contributed by atoms with Crippen LogP contribution in [0.1, 0.15) is 0 Å². The summed E-state index contributed by atoms with van der Waals surface area (Å²) in [4.78, 5) is 0. The normalized spacial score (nSPS) is 12.3. The van der Waals surface area contributed by atoms with E-state index in [2.05, 4.69) is 291 Å². The molecule has 0 unspecified atom stereocenters. The molecule has 2 aliphatic rings. The molecule has 0 heterocycles. The highest BCUT2D eigenvalue weighted by Gasteiger charge is 2.33. The topological polar surface area (TPSA) is 0 Å². The average Bonchev–Trinajstić information content (AvgIpc) is 1.73. The molecule has 0 nitrogen and oxygen atoms in total. The molecule has 0 spiro atoms. The molecule has 0 saturated carbocycles. The number of benzene rings is 17. The molecule has 17 aromatic rings. The van der Waals surface area contributed by atoms with E-state index >= 15 is 0 Å². The zero-order valence-electron chi connectivity index (χ0n) is 45.7. The molecule has 2 aliphatic carbocycles. The summed E-state index contributed by atoms with van der Waals surface area (Å²) in [5, 5.41) is 20.7. The molecule has 0 saturated heterocycles. The van der Waals surface area contributed by atoms with Crippen LogP contribution in [0.3, 0.4) is 0 Å². The van der Waals surface area contributed by atoms with Crippen LogP contribution >= 0.6 is 0 Å². The van der Waals surface area contributed by atoms with Gasteiger partial charge in [0.15, 0.2) is 0 Å². The van der Waals surface area contributed by atoms with Gasteiger partial charge in [-0.3, -0.25) is 0 Å². The van der Waals surface area contributed by atoms with Crippen molar-refractivity contribution >= 4 is 86.2 Å². The molecule has 19 rings (SSSR count). The van der Waals surface area contributed by atoms with E-state index < -0.39 is 0 Å². The first-order valence-electron chi connectivity index (χ1n) is 29.4. The minimum Gasteiger partial charge on any atom is -0.0622 e. The minimum absolute atomic E-state index is 1.21. The van der Waals surface area contributed by atoms with Gasteiger partial charge in [0.1, 0.15) is 0 Å². The van der Waals surface area contributed by atoms with Crippen LogP contribution in [0.25, 0.3) is 197 Å². The quantitative estimate of drug-likeness (QED) is 0.115. The molecule has 0 aromatic heterocycles. The third-order valence-corrected chi connectivity index (χ3v) is 19.1. The lowest BCUT2D eigenvalue weighted by atomic mass is 9.82. The molecule has 0 N–H and O–H groups in total. The Morgan fingerprint density at radius 2 is 0.476 bits per heavy atom. The van der Waals surface area contributed by atoms with E-state index in [1.807, 2.05) is 0 Å². The summed E-state index contributed by atoms with van der Waals surface area (Å²) in [5.74, 6) is 0. The van der Waals surface area contributed by atoms with E-state index in [0.29, 0.717) is 0 Å². The first-order valence-corrected chi connectivity index (χ1v) is 29.4. The lowest BCUT2D eigenvalue weighted by Crippen LogP contribution is -1.94. The second kappa shape index (κ2) is 17.3. The molecule has 0 radical (unpaired) electrons. The zero-order chi connectivity index (χ0) is 54.7. The standard InChI is InChI=1S/C84H48/c1-5-21-49(22-6-1)54-30-15-17-33-57(54)78-60-36-20-19-35-59(60)77(52-27-11-4-12-28-52)73-46-69-65-40-37-61-63-39-42-67-72-48-74-71(45-53-29-13-14-32-56(53)76(74)51-25-9-3-10-26-51)83(58-34-18-16-31-55(58)50-23-7-2-8-24-50)84(72)68-44-43-64(80(63)82(67)68)62-38-41-66(81(65)79(61)62)70(69)47-75(73)78/h1-48H. The van der Waals surface area contributed by atoms with Crippen molar-refractivity contribution < 1.29 is 0 Å². The predicted octanol–water partition coefficient (Wildman–Crippen LogP) is 23.6. The maximum absolute atomic E-state index is 2.55. The first-order chi connectivity index (χ1) is 41.7. The van der Waals surface area contributed by atoms with Crippen LogP contribution in [0.15, 0.2) is 291 Å². The van der Waals surface area contributed by atoms with E-state index in [1.165, 1.54) is 197 Å². The lowest BCUT2D eigenvalue weighted by molar-refractivity contribution is 1.60. The van der Waals surface area contributed by atoms with Crippen molar-refractivity contribution in [2.24, 2.45) is 0 Å². The summed E-state index contributed by atoms with van der Waals surface area (Å²) in [6, 6.07) is 110. The molecule has 17 aromatic carbocycles. The molecule has 0 aliphatic heterocycles. The van der Waals surface area contributed by atoms with Crippen molar-refractivity contribution in [2.75, 3.05) is 0 Å². The van der Waals surface area contributed by atoms with Crippen molar-refractivity contribution in [3.8, 4) is 111 Å². The van der Waals surface area contributed by atoms with Gasteiger partial charge >= 0.3 is 0 Å². The highest BCUT2D eigenvalue weighted by molar-refractivity contribution is 6.41. The van der Waals surface area contributed by atoms with Crippen LogP contribution in [-0.2, 0) is 0 Å². The molecule has 0 atom stereocenters. The largest absolute Gasteiger partial charge is 0.0622 e. The third-order valence-electron chi connectivity index (χ3n) is 19.1. The summed E-state index contributed by atoms with van der Waals surface area (Å²) in [6.07, 6.45) is 0. The van der Waals surface area contributed by atoms with Crippen molar-refractivity contribution in [1.82, 2.24) is 0 Å². The second-order valence-electron chi connectivity index (χ2n) is 23.2. The van der Waals surface area contributed by atoms with Crippen LogP contribution in [0.2, 0.25) is 0 Å². The Kier molecular flexibility index (Phi) is 9.43. The number of hydrogen-bond donors (Lipinski definition) is 0. The van der Waals surface area contributed by atoms with Gasteiger partial charge in [0, 0.05) is 0 Å². The Balaban J connectivity index is 0.890. The summed E-state index contributed by atoms with van der Waals surface area (Å²) >= 11 is 0. The maximum atomic E-state index is 2.55. The van der Waals surface area contributed by atoms with Gasteiger partial charge in [0.25, 0.3) is 0 Å². The minimum atomic E-state index is 1.21. The zero-order valence-corrected chi connectivity index (χ0v) is 45.7. The summed E-state index contributed by atoms with van der Waals surface area (Å²) < 4.78 is 0. The van der Waals surface area contributed by atoms with Gasteiger partial charge in [-0.1, -0.05) is 267 Å². The molecule has 0 heteroatoms. The van der Waals surface area contributed by atoms with Crippen LogP contribution < -0.4 is 0 Å². The predicted molar refractivity (Wildman–Crippen MR) is 359 cm³/mol. The summed E-state index contributed by atoms with van der Waals surface area (Å²) in [7, 11) is 0. The fourth-order valence-electron chi connectivity index (χ4n) is 15.7. The summed E-state index contributed by atoms with van der Waals surface area (Å²) in [5.41, 5.74) is 25.4. The van der Waals surface area contributed by atoms with E-state index in [4.69, 9.17) is 0 Å². The van der Waals surface area contributed by atoms with Crippen molar-refractivity contribution in [3.05, 3.63) is 291 Å². The Morgan fingerprint density at radius 1 is 0.131 bits per heavy atom. The first kappa shape index (κ1) is 45.8. The van der Waals surface area contributed by atoms with E-state index in [1.54, 1.807) is 0 Å². The fraction of sp³-hybridized carbons (Fsp3) is 0. The van der Waals surface area contributed by atoms with Gasteiger partial charge in [0.05, 0.1) is 0 Å². The highest BCUT2D eigenvalue weighted by atomic mass is 14.4. The van der Waals surface area contributed by atoms with Crippen molar-refractivity contribution in [1.29, 1.82) is 0 Å². The van der Waals surface area contributed by atoms with Gasteiger partial charge in [-0.25, -0.2) is 0 Å². The molecule has 0 fully saturated rings. The van der Waals surface area contributed by atoms with Gasteiger partial charge in [-0.15, -0.1) is 0 Å². The van der Waals surface area contributed by atoms with Crippen LogP contribution in [0, 0.1) is 0 Å². The SMILES string of the molecule is c1ccc(-c2ccccc2-c2c3c(cc4c(-c5ccccc5)c5ccccc5cc24)-c2ccc4c5ccc6c7c(ccc(c8ccc-3c2c48)c75)-c2cc3c(-c4ccccc4-c4ccccc4)c4ccccc4c(-c4ccccc4)c3cc2-6)cc1. The van der Waals surface area contributed by atoms with Crippen LogP contribution in [0.5, 0.6) is 0 Å². The van der Waals surface area contributed by atoms with Crippen LogP contribution in [0.4, 0.5) is 0 Å². The molecule has 0 bridgehead atoms. The van der Waals surface area contributed by atoms with E-state index in [-0.39, 0.29) is 0 Å². The van der Waals surface area contributed by atoms with Gasteiger partial charge in [-0.05, 0) is 222 Å². The van der Waals surface area contributed by atoms with E-state index in [9.17, 15) is 0 Å². The average molecular weight is 1060 g/mol.